The minimum atomic E-state index is -3.01. The molecule has 2 heterocycles. The minimum absolute atomic E-state index is 0.00786. The van der Waals surface area contributed by atoms with Crippen molar-refractivity contribution >= 4 is 21.5 Å². The lowest BCUT2D eigenvalue weighted by Gasteiger charge is -2.08. The standard InChI is InChI=1S/C18H18N2O4S/c21-17(19-16-8-11-25(23,24)13-16)12-20-9-6-15(7-10-20)18(22)14-4-2-1-3-5-14/h1-7,9-10,16H,8,11-13H2/p+1/t16-/m1/s1. The summed E-state index contributed by atoms with van der Waals surface area (Å²) in [5.74, 6) is -0.183. The molecule has 1 saturated heterocycles. The summed E-state index contributed by atoms with van der Waals surface area (Å²) in [5, 5.41) is 2.74. The van der Waals surface area contributed by atoms with Gasteiger partial charge in [-0.15, -0.1) is 0 Å². The van der Waals surface area contributed by atoms with Crippen LogP contribution in [0.25, 0.3) is 0 Å². The Balaban J connectivity index is 1.59. The summed E-state index contributed by atoms with van der Waals surface area (Å²) in [6.07, 6.45) is 3.80. The number of nitrogens with zero attached hydrogens (tertiary/aromatic N) is 1. The third kappa shape index (κ3) is 4.51. The first kappa shape index (κ1) is 17.3. The van der Waals surface area contributed by atoms with Gasteiger partial charge < -0.3 is 5.32 Å². The van der Waals surface area contributed by atoms with Crippen LogP contribution in [-0.4, -0.2) is 37.7 Å². The van der Waals surface area contributed by atoms with Gasteiger partial charge in [0.15, 0.2) is 28.0 Å². The molecule has 130 valence electrons. The second-order valence-corrected chi connectivity index (χ2v) is 8.35. The average molecular weight is 359 g/mol. The Morgan fingerprint density at radius 2 is 1.68 bits per heavy atom. The highest BCUT2D eigenvalue weighted by atomic mass is 32.2. The molecule has 0 radical (unpaired) electrons. The van der Waals surface area contributed by atoms with Crippen molar-refractivity contribution < 1.29 is 22.6 Å². The van der Waals surface area contributed by atoms with E-state index in [9.17, 15) is 18.0 Å². The molecular formula is C18H19N2O4S+. The van der Waals surface area contributed by atoms with Crippen LogP contribution in [0.5, 0.6) is 0 Å². The SMILES string of the molecule is O=C(C[n+]1ccc(C(=O)c2ccccc2)cc1)N[C@@H]1CCS(=O)(=O)C1. The van der Waals surface area contributed by atoms with E-state index in [1.54, 1.807) is 41.2 Å². The van der Waals surface area contributed by atoms with Gasteiger partial charge in [0.25, 0.3) is 5.91 Å². The zero-order valence-corrected chi connectivity index (χ0v) is 14.4. The normalized spacial score (nSPS) is 18.6. The summed E-state index contributed by atoms with van der Waals surface area (Å²) in [5.41, 5.74) is 1.16. The Morgan fingerprint density at radius 1 is 1.04 bits per heavy atom. The first-order valence-electron chi connectivity index (χ1n) is 8.01. The molecule has 1 aliphatic rings. The molecule has 1 aliphatic heterocycles. The summed E-state index contributed by atoms with van der Waals surface area (Å²) in [4.78, 5) is 24.4. The lowest BCUT2D eigenvalue weighted by molar-refractivity contribution is -0.684. The first-order chi connectivity index (χ1) is 11.9. The number of nitrogens with one attached hydrogen (secondary N) is 1. The zero-order chi connectivity index (χ0) is 17.9. The highest BCUT2D eigenvalue weighted by molar-refractivity contribution is 7.91. The van der Waals surface area contributed by atoms with E-state index in [4.69, 9.17) is 0 Å². The van der Waals surface area contributed by atoms with Crippen LogP contribution >= 0.6 is 0 Å². The number of amides is 1. The maximum atomic E-state index is 12.3. The van der Waals surface area contributed by atoms with Crippen molar-refractivity contribution in [3.05, 3.63) is 66.0 Å². The van der Waals surface area contributed by atoms with Gasteiger partial charge in [0.2, 0.25) is 6.54 Å². The smallest absolute Gasteiger partial charge is 0.286 e. The van der Waals surface area contributed by atoms with Crippen molar-refractivity contribution in [2.45, 2.75) is 19.0 Å². The topological polar surface area (TPSA) is 84.2 Å². The van der Waals surface area contributed by atoms with Crippen molar-refractivity contribution in [3.8, 4) is 0 Å². The molecule has 1 atom stereocenters. The van der Waals surface area contributed by atoms with E-state index in [0.717, 1.165) is 0 Å². The number of ketones is 1. The second-order valence-electron chi connectivity index (χ2n) is 6.12. The van der Waals surface area contributed by atoms with Crippen LogP contribution in [0.3, 0.4) is 0 Å². The molecule has 0 aliphatic carbocycles. The quantitative estimate of drug-likeness (QED) is 0.623. The maximum Gasteiger partial charge on any atom is 0.286 e. The third-order valence-corrected chi connectivity index (χ3v) is 5.88. The van der Waals surface area contributed by atoms with Gasteiger partial charge in [0, 0.05) is 29.3 Å². The highest BCUT2D eigenvalue weighted by Gasteiger charge is 2.29. The van der Waals surface area contributed by atoms with E-state index in [-0.39, 0.29) is 35.8 Å². The molecule has 1 amide bonds. The molecule has 25 heavy (non-hydrogen) atoms. The van der Waals surface area contributed by atoms with Crippen LogP contribution in [0.15, 0.2) is 54.9 Å². The second kappa shape index (κ2) is 7.14. The molecule has 2 aromatic rings. The van der Waals surface area contributed by atoms with Gasteiger partial charge in [-0.1, -0.05) is 30.3 Å². The van der Waals surface area contributed by atoms with Gasteiger partial charge in [-0.25, -0.2) is 8.42 Å². The zero-order valence-electron chi connectivity index (χ0n) is 13.6. The number of benzene rings is 1. The molecule has 7 heteroatoms. The van der Waals surface area contributed by atoms with Gasteiger partial charge in [-0.3, -0.25) is 9.59 Å². The summed E-state index contributed by atoms with van der Waals surface area (Å²) < 4.78 is 24.5. The minimum Gasteiger partial charge on any atom is -0.347 e. The van der Waals surface area contributed by atoms with Crippen molar-refractivity contribution in [2.24, 2.45) is 0 Å². The van der Waals surface area contributed by atoms with E-state index in [1.807, 2.05) is 18.2 Å². The Kier molecular flexibility index (Phi) is 4.94. The molecule has 0 unspecified atom stereocenters. The summed E-state index contributed by atoms with van der Waals surface area (Å²) >= 11 is 0. The van der Waals surface area contributed by atoms with E-state index in [2.05, 4.69) is 5.32 Å². The molecule has 6 nitrogen and oxygen atoms in total. The van der Waals surface area contributed by atoms with Crippen LogP contribution in [0.1, 0.15) is 22.3 Å². The van der Waals surface area contributed by atoms with Crippen LogP contribution in [0.4, 0.5) is 0 Å². The molecule has 3 rings (SSSR count). The fourth-order valence-corrected chi connectivity index (χ4v) is 4.49. The van der Waals surface area contributed by atoms with Crippen LogP contribution in [0, 0.1) is 0 Å². The summed E-state index contributed by atoms with van der Waals surface area (Å²) in [7, 11) is -3.01. The number of pyridine rings is 1. The Labute approximate surface area is 146 Å². The van der Waals surface area contributed by atoms with E-state index in [1.165, 1.54) is 0 Å². The fraction of sp³-hybridized carbons (Fsp3) is 0.278. The van der Waals surface area contributed by atoms with Gasteiger partial charge >= 0.3 is 0 Å². The van der Waals surface area contributed by atoms with Gasteiger partial charge in [-0.2, -0.15) is 4.57 Å². The fourth-order valence-electron chi connectivity index (χ4n) is 2.82. The largest absolute Gasteiger partial charge is 0.347 e. The Morgan fingerprint density at radius 3 is 2.28 bits per heavy atom. The Bertz CT molecular complexity index is 877. The third-order valence-electron chi connectivity index (χ3n) is 4.11. The number of hydrogen-bond donors (Lipinski definition) is 1. The van der Waals surface area contributed by atoms with Gasteiger partial charge in [0.05, 0.1) is 11.5 Å². The lowest BCUT2D eigenvalue weighted by atomic mass is 10.0. The average Bonchev–Trinajstić information content (AvgIpc) is 2.94. The molecule has 0 bridgehead atoms. The maximum absolute atomic E-state index is 12.3. The van der Waals surface area contributed by atoms with Crippen LogP contribution in [-0.2, 0) is 21.2 Å². The highest BCUT2D eigenvalue weighted by Crippen LogP contribution is 2.11. The van der Waals surface area contributed by atoms with Gasteiger partial charge in [0.1, 0.15) is 0 Å². The molecule has 1 aromatic carbocycles. The van der Waals surface area contributed by atoms with E-state index >= 15 is 0 Å². The number of hydrogen-bond acceptors (Lipinski definition) is 4. The van der Waals surface area contributed by atoms with Crippen molar-refractivity contribution in [1.29, 1.82) is 0 Å². The van der Waals surface area contributed by atoms with E-state index < -0.39 is 9.84 Å². The lowest BCUT2D eigenvalue weighted by Crippen LogP contribution is -2.46. The number of aromatic nitrogens is 1. The first-order valence-corrected chi connectivity index (χ1v) is 9.84. The number of sulfone groups is 1. The van der Waals surface area contributed by atoms with Crippen LogP contribution in [0.2, 0.25) is 0 Å². The molecule has 0 saturated carbocycles. The van der Waals surface area contributed by atoms with Crippen molar-refractivity contribution in [3.63, 3.8) is 0 Å². The number of carbonyl (C=O) groups is 2. The van der Waals surface area contributed by atoms with E-state index in [0.29, 0.717) is 17.5 Å². The van der Waals surface area contributed by atoms with Crippen LogP contribution < -0.4 is 9.88 Å². The Hall–Kier alpha value is -2.54. The molecule has 1 fully saturated rings. The molecule has 0 spiro atoms. The molecule has 1 N–H and O–H groups in total. The van der Waals surface area contributed by atoms with Gasteiger partial charge in [-0.05, 0) is 6.42 Å². The summed E-state index contributed by atoms with van der Waals surface area (Å²) in [6.45, 7) is 0.0797. The predicted molar refractivity (Wildman–Crippen MR) is 91.7 cm³/mol. The predicted octanol–water partition coefficient (Wildman–Crippen LogP) is 0.508. The molecule has 1 aromatic heterocycles. The van der Waals surface area contributed by atoms with Crippen molar-refractivity contribution in [2.75, 3.05) is 11.5 Å². The molecular weight excluding hydrogens is 340 g/mol. The monoisotopic (exact) mass is 359 g/mol. The number of rotatable bonds is 5. The number of carbonyl (C=O) groups excluding carboxylic acids is 2. The summed E-state index contributed by atoms with van der Waals surface area (Å²) in [6, 6.07) is 12.0. The van der Waals surface area contributed by atoms with Crippen molar-refractivity contribution in [1.82, 2.24) is 5.32 Å².